The molecule has 3 aromatic heterocycles. The number of aromatic nitrogens is 5. The van der Waals surface area contributed by atoms with Crippen LogP contribution < -0.4 is 16.0 Å². The summed E-state index contributed by atoms with van der Waals surface area (Å²) in [4.78, 5) is 26.0. The van der Waals surface area contributed by atoms with Crippen LogP contribution in [-0.2, 0) is 20.0 Å². The number of hydrogen-bond acceptors (Lipinski definition) is 11. The maximum Gasteiger partial charge on any atom is 0.256 e. The average Bonchev–Trinajstić information content (AvgIpc) is 3.57. The molecule has 0 spiro atoms. The molecule has 0 radical (unpaired) electrons. The van der Waals surface area contributed by atoms with E-state index in [4.69, 9.17) is 0 Å². The van der Waals surface area contributed by atoms with Crippen LogP contribution in [0.2, 0.25) is 0 Å². The fourth-order valence-corrected chi connectivity index (χ4v) is 6.35. The van der Waals surface area contributed by atoms with E-state index in [1.54, 1.807) is 12.1 Å². The summed E-state index contributed by atoms with van der Waals surface area (Å²) in [5, 5.41) is 12.8. The van der Waals surface area contributed by atoms with Crippen LogP contribution in [0, 0.1) is 0 Å². The Labute approximate surface area is 226 Å². The van der Waals surface area contributed by atoms with Gasteiger partial charge in [-0.15, -0.1) is 0 Å². The van der Waals surface area contributed by atoms with Crippen molar-refractivity contribution in [1.82, 2.24) is 33.8 Å². The topological polar surface area (TPSA) is 181 Å². The Morgan fingerprint density at radius 3 is 2.49 bits per heavy atom. The molecule has 1 amide bonds. The zero-order valence-corrected chi connectivity index (χ0v) is 23.2. The van der Waals surface area contributed by atoms with Crippen LogP contribution in [0.5, 0.6) is 0 Å². The van der Waals surface area contributed by atoms with Gasteiger partial charge in [0.25, 0.3) is 15.9 Å². The predicted octanol–water partition coefficient (Wildman–Crippen LogP) is 1.01. The molecule has 1 saturated carbocycles. The quantitative estimate of drug-likeness (QED) is 0.314. The Morgan fingerprint density at radius 2 is 1.82 bits per heavy atom. The smallest absolute Gasteiger partial charge is 0.256 e. The maximum atomic E-state index is 12.9. The Kier molecular flexibility index (Phi) is 7.02. The second-order valence-electron chi connectivity index (χ2n) is 9.90. The van der Waals surface area contributed by atoms with Crippen LogP contribution in [0.3, 0.4) is 0 Å². The van der Waals surface area contributed by atoms with Gasteiger partial charge in [0.15, 0.2) is 5.82 Å². The lowest BCUT2D eigenvalue weighted by Crippen LogP contribution is -2.60. The molecule has 5 rings (SSSR count). The number of carbonyl (C=O) groups excluding carboxylic acids is 1. The van der Waals surface area contributed by atoms with Crippen molar-refractivity contribution in [2.45, 2.75) is 44.0 Å². The van der Waals surface area contributed by atoms with Crippen LogP contribution in [0.4, 0.5) is 17.3 Å². The summed E-state index contributed by atoms with van der Waals surface area (Å²) in [6.45, 7) is 4.33. The molecule has 3 aromatic rings. The van der Waals surface area contributed by atoms with E-state index < -0.39 is 20.0 Å². The van der Waals surface area contributed by atoms with Gasteiger partial charge in [0, 0.05) is 37.6 Å². The normalized spacial score (nSPS) is 16.6. The second-order valence-corrected chi connectivity index (χ2v) is 14.0. The van der Waals surface area contributed by atoms with E-state index in [1.165, 1.54) is 29.1 Å². The molecule has 0 aromatic carbocycles. The molecule has 2 aliphatic rings. The van der Waals surface area contributed by atoms with E-state index in [-0.39, 0.29) is 42.2 Å². The van der Waals surface area contributed by atoms with Gasteiger partial charge in [0.1, 0.15) is 11.6 Å². The van der Waals surface area contributed by atoms with Crippen molar-refractivity contribution >= 4 is 43.3 Å². The van der Waals surface area contributed by atoms with E-state index >= 15 is 0 Å². The van der Waals surface area contributed by atoms with E-state index in [0.717, 1.165) is 10.3 Å². The van der Waals surface area contributed by atoms with Crippen molar-refractivity contribution in [3.8, 4) is 11.4 Å². The van der Waals surface area contributed by atoms with Crippen LogP contribution in [0.25, 0.3) is 11.4 Å². The minimum absolute atomic E-state index is 0.0188. The lowest BCUT2D eigenvalue weighted by atomic mass is 10.1. The minimum atomic E-state index is -3.50. The molecular weight excluding hydrogens is 546 g/mol. The van der Waals surface area contributed by atoms with E-state index in [2.05, 4.69) is 36.0 Å². The zero-order chi connectivity index (χ0) is 27.9. The van der Waals surface area contributed by atoms with Crippen molar-refractivity contribution in [1.29, 1.82) is 0 Å². The lowest BCUT2D eigenvalue weighted by Gasteiger charge is -2.37. The van der Waals surface area contributed by atoms with Crippen molar-refractivity contribution in [3.05, 3.63) is 42.5 Å². The van der Waals surface area contributed by atoms with Gasteiger partial charge in [-0.1, -0.05) is 0 Å². The summed E-state index contributed by atoms with van der Waals surface area (Å²) in [6, 6.07) is 3.06. The number of pyridine rings is 1. The first-order valence-electron chi connectivity index (χ1n) is 12.3. The molecule has 0 unspecified atom stereocenters. The number of carbonyl (C=O) groups is 1. The van der Waals surface area contributed by atoms with Gasteiger partial charge in [-0.2, -0.15) is 13.5 Å². The van der Waals surface area contributed by atoms with Gasteiger partial charge in [-0.3, -0.25) is 4.79 Å². The molecule has 14 nitrogen and oxygen atoms in total. The molecule has 39 heavy (non-hydrogen) atoms. The summed E-state index contributed by atoms with van der Waals surface area (Å²) in [6.07, 6.45) is 8.19. The SMILES string of the molecule is CC(C)Nc1cc(Nc2ccnc(-c3cnn(S(=O)(=O)C4CC4)c3)n2)ncc1C(=O)NC1CN(S(C)(=O)=O)C1. The Balaban J connectivity index is 1.31. The molecule has 1 aliphatic carbocycles. The molecule has 1 aliphatic heterocycles. The van der Waals surface area contributed by atoms with Crippen LogP contribution in [-0.4, -0.2) is 87.9 Å². The van der Waals surface area contributed by atoms with Gasteiger partial charge in [-0.25, -0.2) is 31.8 Å². The van der Waals surface area contributed by atoms with Crippen LogP contribution in [0.1, 0.15) is 37.0 Å². The van der Waals surface area contributed by atoms with Gasteiger partial charge in [0.2, 0.25) is 10.0 Å². The Hall–Kier alpha value is -3.63. The predicted molar refractivity (Wildman–Crippen MR) is 145 cm³/mol. The van der Waals surface area contributed by atoms with Gasteiger partial charge >= 0.3 is 0 Å². The van der Waals surface area contributed by atoms with Crippen molar-refractivity contribution in [3.63, 3.8) is 0 Å². The van der Waals surface area contributed by atoms with Gasteiger partial charge in [0.05, 0.1) is 46.8 Å². The standard InChI is InChI=1S/C23H29N9O5S2/c1-14(2)27-19-8-21(25-10-18(19)23(33)28-16-12-31(13-16)38(3,34)35)29-20-6-7-24-22(30-20)15-9-26-32(11-15)39(36,37)17-4-5-17/h6-11,14,16-17H,4-5,12-13H2,1-3H3,(H,28,33)(H2,24,25,27,29,30). The lowest BCUT2D eigenvalue weighted by molar-refractivity contribution is 0.0896. The first kappa shape index (κ1) is 27.0. The number of rotatable bonds is 10. The van der Waals surface area contributed by atoms with Crippen LogP contribution in [0.15, 0.2) is 36.9 Å². The largest absolute Gasteiger partial charge is 0.382 e. The maximum absolute atomic E-state index is 12.9. The summed E-state index contributed by atoms with van der Waals surface area (Å²) in [5.41, 5.74) is 1.32. The van der Waals surface area contributed by atoms with Crippen molar-refractivity contribution in [2.75, 3.05) is 30.0 Å². The number of sulfonamides is 1. The van der Waals surface area contributed by atoms with Crippen LogP contribution >= 0.6 is 0 Å². The second kappa shape index (κ2) is 10.2. The molecule has 2 fully saturated rings. The Bertz CT molecular complexity index is 1610. The van der Waals surface area contributed by atoms with Crippen molar-refractivity contribution in [2.24, 2.45) is 0 Å². The molecule has 3 N–H and O–H groups in total. The van der Waals surface area contributed by atoms with Crippen molar-refractivity contribution < 1.29 is 21.6 Å². The fraction of sp³-hybridized carbons (Fsp3) is 0.435. The highest BCUT2D eigenvalue weighted by Gasteiger charge is 2.38. The summed E-state index contributed by atoms with van der Waals surface area (Å²) in [7, 11) is -6.78. The third-order valence-corrected chi connectivity index (χ3v) is 9.45. The summed E-state index contributed by atoms with van der Waals surface area (Å²) < 4.78 is 50.3. The zero-order valence-electron chi connectivity index (χ0n) is 21.6. The highest BCUT2D eigenvalue weighted by Crippen LogP contribution is 2.30. The average molecular weight is 576 g/mol. The number of amides is 1. The van der Waals surface area contributed by atoms with Gasteiger partial charge in [-0.05, 0) is 32.8 Å². The molecule has 4 heterocycles. The third-order valence-electron chi connectivity index (χ3n) is 6.18. The third kappa shape index (κ3) is 6.02. The monoisotopic (exact) mass is 575 g/mol. The molecule has 16 heteroatoms. The molecule has 1 saturated heterocycles. The first-order valence-corrected chi connectivity index (χ1v) is 15.7. The summed E-state index contributed by atoms with van der Waals surface area (Å²) in [5.74, 6) is 0.752. The molecule has 0 atom stereocenters. The molecule has 208 valence electrons. The number of nitrogens with zero attached hydrogens (tertiary/aromatic N) is 6. The number of anilines is 3. The first-order chi connectivity index (χ1) is 18.4. The number of hydrogen-bond donors (Lipinski definition) is 3. The van der Waals surface area contributed by atoms with E-state index in [9.17, 15) is 21.6 Å². The highest BCUT2D eigenvalue weighted by molar-refractivity contribution is 7.90. The molecular formula is C23H29N9O5S2. The van der Waals surface area contributed by atoms with E-state index in [0.29, 0.717) is 41.3 Å². The Morgan fingerprint density at radius 1 is 1.08 bits per heavy atom. The van der Waals surface area contributed by atoms with E-state index in [1.807, 2.05) is 13.8 Å². The molecule has 0 bridgehead atoms. The fourth-order valence-electron chi connectivity index (χ4n) is 3.98. The minimum Gasteiger partial charge on any atom is -0.382 e. The highest BCUT2D eigenvalue weighted by atomic mass is 32.2. The summed E-state index contributed by atoms with van der Waals surface area (Å²) >= 11 is 0. The number of nitrogens with one attached hydrogen (secondary N) is 3. The van der Waals surface area contributed by atoms with Gasteiger partial charge < -0.3 is 16.0 Å².